The molecule has 0 spiro atoms. The molecule has 0 aliphatic heterocycles. The summed E-state index contributed by atoms with van der Waals surface area (Å²) in [5.41, 5.74) is 66.5. The van der Waals surface area contributed by atoms with Crippen molar-refractivity contribution < 1.29 is 91.2 Å². The highest BCUT2D eigenvalue weighted by molar-refractivity contribution is 8.76. The third-order valence-corrected chi connectivity index (χ3v) is 29.6. The number of ether oxygens (including phenoxy) is 3. The van der Waals surface area contributed by atoms with Crippen LogP contribution in [0.15, 0.2) is 0 Å². The normalized spacial score (nSPS) is 15.5. The minimum absolute atomic E-state index is 0.000613. The van der Waals surface area contributed by atoms with Gasteiger partial charge in [0.15, 0.2) is 0 Å². The predicted octanol–water partition coefficient (Wildman–Crippen LogP) is 2.30. The Labute approximate surface area is 865 Å². The van der Waals surface area contributed by atoms with Gasteiger partial charge in [-0.3, -0.25) is 71.9 Å². The molecule has 0 fully saturated rings. The quantitative estimate of drug-likeness (QED) is 0.0137. The largest absolute Gasteiger partial charge is 0.481 e. The lowest BCUT2D eigenvalue weighted by molar-refractivity contribution is -0.170. The van der Waals surface area contributed by atoms with Crippen LogP contribution < -0.4 is 122 Å². The van der Waals surface area contributed by atoms with E-state index in [4.69, 9.17) is 95.2 Å². The van der Waals surface area contributed by atoms with Gasteiger partial charge in [0.05, 0.1) is 28.9 Å². The van der Waals surface area contributed by atoms with Crippen molar-refractivity contribution >= 4 is 150 Å². The number of hydrogen-bond donors (Lipinski definition) is 23. The van der Waals surface area contributed by atoms with Crippen LogP contribution in [0.2, 0.25) is 0 Å². The fourth-order valence-corrected chi connectivity index (χ4v) is 21.3. The SMILES string of the molecule is CCCCOC(=O)C(C)(CC(C)(CC)C(=O)OCCN(C)C)CC(CCC)(CC(C)(SC(=S)SCC)C(=O)OCCSSCC(N)C(=O)NC(CCCCN)C(=O)NC(CCCCN)C(=O)NC(CCCCN)C(=O)NC(CCCCN)C(=O)NC(CCCCN)C(=O)NC(CCCCN)C(=O)NC(CCCCN)C(=O)NC(CCCCN)C(=O)NC(CCCCN)C(=O)NC(CCCCN)C(N)=O)C(=O)O. The average molecular weight is 2110 g/mol. The van der Waals surface area contributed by atoms with Gasteiger partial charge < -0.3 is 146 Å². The highest BCUT2D eigenvalue weighted by Crippen LogP contribution is 2.53. The maximum Gasteiger partial charge on any atom is 0.322 e. The average Bonchev–Trinajstić information content (AvgIpc) is 0.757. The number of thioether (sulfide) groups is 2. The first kappa shape index (κ1) is 135. The standard InChI is InChI=1S/C95H183N23O19S5/c1-10-14-57-135-89(133)93(6,62-92(5,12-3)88(132)136-58-56-118(8)9)63-95(45-11-2,87(130)131)64-94(7,142-91(138)139-13-4)90(134)137-59-60-140-141-61-65(106)77(120)109-67(36-16-26-47-97)79(122)111-69(38-18-28-49-99)81(124)113-71(40-20-30-51-101)83(126)115-73(42-22-32-53-103)85(128)117-75(44-24-34-55-105)86(129)116-74(43-23-33-54-104)84(127)114-72(41-21-31-52-102)82(125)112-70(39-19-29-50-100)80(123)110-68(37-17-27-48-98)78(121)108-66(76(107)119)35-15-25-46-96/h65-75H,10-64,96-106H2,1-9H3,(H2,107,119)(H,108,121)(H,109,120)(H,110,123)(H,111,122)(H,112,125)(H,113,124)(H,114,127)(H,115,126)(H,116,129)(H,117,128)(H,130,131). The summed E-state index contributed by atoms with van der Waals surface area (Å²) >= 11 is 8.09. The molecule has 0 bridgehead atoms. The van der Waals surface area contributed by atoms with Gasteiger partial charge in [-0.15, -0.1) is 11.8 Å². The van der Waals surface area contributed by atoms with Gasteiger partial charge in [0.1, 0.15) is 81.9 Å². The molecule has 0 saturated heterocycles. The number of nitrogens with zero attached hydrogens (tertiary/aromatic N) is 1. The summed E-state index contributed by atoms with van der Waals surface area (Å²) in [4.78, 5) is 218. The van der Waals surface area contributed by atoms with E-state index >= 15 is 0 Å². The lowest BCUT2D eigenvalue weighted by Gasteiger charge is -2.44. The van der Waals surface area contributed by atoms with Gasteiger partial charge >= 0.3 is 23.9 Å². The zero-order valence-electron chi connectivity index (χ0n) is 86.5. The zero-order chi connectivity index (χ0) is 107. The van der Waals surface area contributed by atoms with Crippen molar-refractivity contribution in [2.24, 2.45) is 85.0 Å². The van der Waals surface area contributed by atoms with Crippen molar-refractivity contribution in [2.45, 2.75) is 364 Å². The summed E-state index contributed by atoms with van der Waals surface area (Å²) in [5, 5.41) is 39.4. The molecule has 0 aliphatic carbocycles. The number of nitrogens with one attached hydrogen (secondary N) is 10. The first-order chi connectivity index (χ1) is 67.6. The van der Waals surface area contributed by atoms with E-state index in [2.05, 4.69) is 53.2 Å². The molecule has 0 aromatic rings. The van der Waals surface area contributed by atoms with Gasteiger partial charge in [-0.2, -0.15) is 0 Å². The molecular weight excluding hydrogens is 1930 g/mol. The van der Waals surface area contributed by atoms with E-state index in [9.17, 15) is 77.0 Å². The number of unbranched alkanes of at least 4 members (excludes halogenated alkanes) is 11. The van der Waals surface area contributed by atoms with Crippen LogP contribution in [0, 0.1) is 16.2 Å². The molecule has 35 N–H and O–H groups in total. The molecule has 42 nitrogen and oxygen atoms in total. The molecule has 0 saturated carbocycles. The second kappa shape index (κ2) is 79.3. The lowest BCUT2D eigenvalue weighted by Crippen LogP contribution is -2.60. The number of hydrogen-bond acceptors (Lipinski definition) is 35. The van der Waals surface area contributed by atoms with Crippen LogP contribution >= 0.6 is 57.3 Å². The number of carbonyl (C=O) groups excluding carboxylic acids is 14. The van der Waals surface area contributed by atoms with Crippen LogP contribution in [0.25, 0.3) is 0 Å². The maximum atomic E-state index is 15.0. The van der Waals surface area contributed by atoms with Gasteiger partial charge in [-0.25, -0.2) is 0 Å². The van der Waals surface area contributed by atoms with Crippen molar-refractivity contribution in [3.63, 3.8) is 0 Å². The number of carbonyl (C=O) groups is 15. The second-order valence-electron chi connectivity index (χ2n) is 37.5. The van der Waals surface area contributed by atoms with Crippen LogP contribution in [0.3, 0.4) is 0 Å². The van der Waals surface area contributed by atoms with Crippen molar-refractivity contribution in [2.75, 3.05) is 123 Å². The number of primary amides is 1. The molecule has 142 heavy (non-hydrogen) atoms. The smallest absolute Gasteiger partial charge is 0.322 e. The van der Waals surface area contributed by atoms with Gasteiger partial charge in [-0.1, -0.05) is 86.1 Å². The molecule has 11 amide bonds. The first-order valence-corrected chi connectivity index (χ1v) is 55.9. The van der Waals surface area contributed by atoms with Crippen molar-refractivity contribution in [1.82, 2.24) is 58.1 Å². The molecule has 47 heteroatoms. The summed E-state index contributed by atoms with van der Waals surface area (Å²) < 4.78 is 16.4. The number of carboxylic acid groups (broad SMARTS) is 1. The maximum absolute atomic E-state index is 15.0. The number of rotatable bonds is 88. The Morgan fingerprint density at radius 2 is 0.634 bits per heavy atom. The highest BCUT2D eigenvalue weighted by Gasteiger charge is 2.56. The van der Waals surface area contributed by atoms with E-state index in [1.54, 1.807) is 27.7 Å². The van der Waals surface area contributed by atoms with Crippen LogP contribution in [0.1, 0.15) is 292 Å². The summed E-state index contributed by atoms with van der Waals surface area (Å²) in [5.74, 6) is -10.9. The van der Waals surface area contributed by atoms with Gasteiger partial charge in [0.25, 0.3) is 0 Å². The lowest BCUT2D eigenvalue weighted by atomic mass is 9.61. The summed E-state index contributed by atoms with van der Waals surface area (Å²) in [6.45, 7) is 15.2. The number of esters is 3. The van der Waals surface area contributed by atoms with E-state index in [0.717, 1.165) is 11.8 Å². The molecule has 0 heterocycles. The molecule has 0 radical (unpaired) electrons. The molecule has 822 valence electrons. The summed E-state index contributed by atoms with van der Waals surface area (Å²) in [6, 6.07) is -14.0. The fourth-order valence-electron chi connectivity index (χ4n) is 16.2. The first-order valence-electron chi connectivity index (χ1n) is 51.2. The van der Waals surface area contributed by atoms with Gasteiger partial charge in [-0.05, 0) is 337 Å². The minimum atomic E-state index is -1.77. The minimum Gasteiger partial charge on any atom is -0.481 e. The third kappa shape index (κ3) is 55.7. The number of aliphatic carboxylic acids is 1. The van der Waals surface area contributed by atoms with Crippen molar-refractivity contribution in [1.29, 1.82) is 0 Å². The Morgan fingerprint density at radius 1 is 0.352 bits per heavy atom. The van der Waals surface area contributed by atoms with Crippen LogP contribution in [0.4, 0.5) is 0 Å². The van der Waals surface area contributed by atoms with E-state index in [1.165, 1.54) is 33.3 Å². The van der Waals surface area contributed by atoms with E-state index in [-0.39, 0.29) is 180 Å². The molecule has 15 unspecified atom stereocenters. The van der Waals surface area contributed by atoms with E-state index < -0.39 is 176 Å². The van der Waals surface area contributed by atoms with Crippen LogP contribution in [-0.2, 0) is 86.1 Å². The van der Waals surface area contributed by atoms with E-state index in [0.29, 0.717) is 177 Å². The topological polar surface area (TPSA) is 740 Å². The second-order valence-corrected chi connectivity index (χ2v) is 44.1. The van der Waals surface area contributed by atoms with Gasteiger partial charge in [0, 0.05) is 18.1 Å². The molecular formula is C95H183N23O19S5. The third-order valence-electron chi connectivity index (χ3n) is 24.5. The molecule has 0 rings (SSSR count). The Balaban J connectivity index is 7.34. The predicted molar refractivity (Wildman–Crippen MR) is 569 cm³/mol. The Hall–Kier alpha value is -6.94. The van der Waals surface area contributed by atoms with E-state index in [1.807, 2.05) is 39.8 Å². The van der Waals surface area contributed by atoms with Crippen molar-refractivity contribution in [3.8, 4) is 0 Å². The highest BCUT2D eigenvalue weighted by atomic mass is 33.1. The number of likely N-dealkylation sites (N-methyl/N-ethyl adjacent to an activating group) is 1. The van der Waals surface area contributed by atoms with Gasteiger partial charge in [0.2, 0.25) is 65.0 Å². The molecule has 15 atom stereocenters. The van der Waals surface area contributed by atoms with Crippen LogP contribution in [0.5, 0.6) is 0 Å². The fraction of sp³-hybridized carbons (Fsp3) is 0.832. The Kier molecular flexibility index (Phi) is 75.4. The number of thiocarbonyl (C=S) groups is 1. The van der Waals surface area contributed by atoms with Crippen LogP contribution in [-0.4, -0.2) is 297 Å². The number of carboxylic acids is 1. The van der Waals surface area contributed by atoms with Crippen molar-refractivity contribution in [3.05, 3.63) is 0 Å². The number of nitrogens with two attached hydrogens (primary N) is 12. The molecule has 0 aliphatic rings. The molecule has 0 aromatic carbocycles. The number of amides is 11. The Morgan fingerprint density at radius 3 is 0.901 bits per heavy atom. The molecule has 0 aromatic heterocycles. The Bertz CT molecular complexity index is 3700. The monoisotopic (exact) mass is 2110 g/mol. The zero-order valence-corrected chi connectivity index (χ0v) is 90.5. The summed E-state index contributed by atoms with van der Waals surface area (Å²) in [7, 11) is 6.09. The summed E-state index contributed by atoms with van der Waals surface area (Å²) in [6.07, 6.45) is 9.58.